The SMILES string of the molecule is CC(=O)O.CC(=O)O.CC(=O)O.CC(=O)O.Nc1ccccc1.Nc1ccccc1. The normalized spacial score (nSPS) is 7.33. The second kappa shape index (κ2) is 24.9. The molecule has 10 heteroatoms. The number of para-hydroxylation sites is 2. The van der Waals surface area contributed by atoms with E-state index in [2.05, 4.69) is 0 Å². The summed E-state index contributed by atoms with van der Waals surface area (Å²) < 4.78 is 0. The molecular weight excluding hydrogens is 396 g/mol. The van der Waals surface area contributed by atoms with Crippen LogP contribution in [0.2, 0.25) is 0 Å². The van der Waals surface area contributed by atoms with E-state index in [-0.39, 0.29) is 0 Å². The van der Waals surface area contributed by atoms with Crippen molar-refractivity contribution in [3.8, 4) is 0 Å². The van der Waals surface area contributed by atoms with Crippen molar-refractivity contribution in [1.29, 1.82) is 0 Å². The summed E-state index contributed by atoms with van der Waals surface area (Å²) >= 11 is 0. The van der Waals surface area contributed by atoms with Crippen LogP contribution in [-0.2, 0) is 19.2 Å². The highest BCUT2D eigenvalue weighted by atomic mass is 16.4. The molecule has 2 aromatic carbocycles. The highest BCUT2D eigenvalue weighted by Crippen LogP contribution is 1.96. The molecule has 0 amide bonds. The molecule has 2 rings (SSSR count). The minimum Gasteiger partial charge on any atom is -0.481 e. The number of nitrogens with two attached hydrogens (primary N) is 2. The molecule has 0 aromatic heterocycles. The van der Waals surface area contributed by atoms with Crippen LogP contribution in [0.4, 0.5) is 11.4 Å². The largest absolute Gasteiger partial charge is 0.481 e. The lowest BCUT2D eigenvalue weighted by atomic mass is 10.3. The molecule has 0 aliphatic heterocycles. The molecule has 0 bridgehead atoms. The summed E-state index contributed by atoms with van der Waals surface area (Å²) in [5.41, 5.74) is 12.4. The van der Waals surface area contributed by atoms with E-state index in [9.17, 15) is 0 Å². The summed E-state index contributed by atoms with van der Waals surface area (Å²) in [6.45, 7) is 4.33. The van der Waals surface area contributed by atoms with Crippen molar-refractivity contribution in [1.82, 2.24) is 0 Å². The number of hydrogen-bond donors (Lipinski definition) is 6. The monoisotopic (exact) mass is 426 g/mol. The van der Waals surface area contributed by atoms with E-state index in [4.69, 9.17) is 51.1 Å². The predicted octanol–water partition coefficient (Wildman–Crippen LogP) is 2.90. The fourth-order valence-corrected chi connectivity index (χ4v) is 0.906. The number of aliphatic carboxylic acids is 4. The standard InChI is InChI=1S/2C6H7N.4C2H4O2/c2*7-6-4-2-1-3-5-6;4*1-2(3)4/h2*1-5H,7H2;4*1H3,(H,3,4). The average molecular weight is 426 g/mol. The van der Waals surface area contributed by atoms with Crippen molar-refractivity contribution in [3.63, 3.8) is 0 Å². The third-order valence-electron chi connectivity index (χ3n) is 1.60. The minimum atomic E-state index is -0.833. The summed E-state index contributed by atoms with van der Waals surface area (Å²) in [6, 6.07) is 19.0. The second-order valence-electron chi connectivity index (χ2n) is 4.90. The summed E-state index contributed by atoms with van der Waals surface area (Å²) in [6.07, 6.45) is 0. The first-order chi connectivity index (χ1) is 13.7. The molecule has 0 heterocycles. The van der Waals surface area contributed by atoms with Crippen LogP contribution in [0, 0.1) is 0 Å². The predicted molar refractivity (Wildman–Crippen MR) is 115 cm³/mol. The van der Waals surface area contributed by atoms with Crippen LogP contribution in [0.3, 0.4) is 0 Å². The topological polar surface area (TPSA) is 201 Å². The van der Waals surface area contributed by atoms with Crippen LogP contribution in [-0.4, -0.2) is 44.3 Å². The quantitative estimate of drug-likeness (QED) is 0.340. The minimum absolute atomic E-state index is 0.822. The summed E-state index contributed by atoms with van der Waals surface area (Å²) in [5.74, 6) is -3.33. The van der Waals surface area contributed by atoms with Gasteiger partial charge < -0.3 is 31.9 Å². The first-order valence-corrected chi connectivity index (χ1v) is 8.11. The van der Waals surface area contributed by atoms with Crippen LogP contribution in [0.25, 0.3) is 0 Å². The number of benzene rings is 2. The van der Waals surface area contributed by atoms with E-state index in [1.54, 1.807) is 0 Å². The number of carboxylic acids is 4. The third kappa shape index (κ3) is 88.4. The van der Waals surface area contributed by atoms with E-state index in [1.165, 1.54) is 0 Å². The number of carbonyl (C=O) groups is 4. The van der Waals surface area contributed by atoms with Gasteiger partial charge in [0.2, 0.25) is 0 Å². The molecule has 0 spiro atoms. The number of rotatable bonds is 0. The van der Waals surface area contributed by atoms with Crippen molar-refractivity contribution < 1.29 is 39.6 Å². The molecular formula is C20H30N2O8. The van der Waals surface area contributed by atoms with E-state index in [0.717, 1.165) is 39.1 Å². The maximum atomic E-state index is 9.00. The van der Waals surface area contributed by atoms with Gasteiger partial charge in [0.1, 0.15) is 0 Å². The summed E-state index contributed by atoms with van der Waals surface area (Å²) in [5, 5.41) is 29.7. The Morgan fingerprint density at radius 2 is 0.633 bits per heavy atom. The molecule has 0 fully saturated rings. The highest BCUT2D eigenvalue weighted by Gasteiger charge is 1.73. The smallest absolute Gasteiger partial charge is 0.300 e. The van der Waals surface area contributed by atoms with Crippen LogP contribution in [0.5, 0.6) is 0 Å². The molecule has 0 aliphatic rings. The van der Waals surface area contributed by atoms with Gasteiger partial charge >= 0.3 is 0 Å². The molecule has 0 unspecified atom stereocenters. The molecule has 0 aliphatic carbocycles. The van der Waals surface area contributed by atoms with Gasteiger partial charge in [-0.3, -0.25) is 19.2 Å². The van der Waals surface area contributed by atoms with E-state index < -0.39 is 23.9 Å². The Kier molecular flexibility index (Phi) is 27.8. The number of hydrogen-bond acceptors (Lipinski definition) is 6. The lowest BCUT2D eigenvalue weighted by molar-refractivity contribution is -0.135. The molecule has 0 radical (unpaired) electrons. The zero-order valence-corrected chi connectivity index (χ0v) is 17.4. The van der Waals surface area contributed by atoms with Crippen molar-refractivity contribution in [2.45, 2.75) is 27.7 Å². The van der Waals surface area contributed by atoms with Gasteiger partial charge in [0.05, 0.1) is 0 Å². The first-order valence-electron chi connectivity index (χ1n) is 8.11. The van der Waals surface area contributed by atoms with Gasteiger partial charge in [0.15, 0.2) is 0 Å². The third-order valence-corrected chi connectivity index (χ3v) is 1.60. The summed E-state index contributed by atoms with van der Waals surface area (Å²) in [4.78, 5) is 36.0. The average Bonchev–Trinajstić information content (AvgIpc) is 2.55. The fourth-order valence-electron chi connectivity index (χ4n) is 0.906. The molecule has 0 saturated heterocycles. The number of anilines is 2. The molecule has 168 valence electrons. The van der Waals surface area contributed by atoms with Gasteiger partial charge in [-0.25, -0.2) is 0 Å². The van der Waals surface area contributed by atoms with Crippen LogP contribution in [0.1, 0.15) is 27.7 Å². The molecule has 0 saturated carbocycles. The Bertz CT molecular complexity index is 591. The second-order valence-corrected chi connectivity index (χ2v) is 4.90. The zero-order chi connectivity index (χ0) is 24.5. The highest BCUT2D eigenvalue weighted by molar-refractivity contribution is 5.63. The van der Waals surface area contributed by atoms with E-state index >= 15 is 0 Å². The van der Waals surface area contributed by atoms with Crippen molar-refractivity contribution in [3.05, 3.63) is 60.7 Å². The Hall–Kier alpha value is -4.08. The Labute approximate surface area is 175 Å². The lowest BCUT2D eigenvalue weighted by Crippen LogP contribution is -1.79. The Morgan fingerprint density at radius 3 is 0.700 bits per heavy atom. The van der Waals surface area contributed by atoms with Crippen LogP contribution < -0.4 is 11.5 Å². The Morgan fingerprint density at radius 1 is 0.500 bits per heavy atom. The summed E-state index contributed by atoms with van der Waals surface area (Å²) in [7, 11) is 0. The van der Waals surface area contributed by atoms with Crippen molar-refractivity contribution in [2.24, 2.45) is 0 Å². The number of carboxylic acid groups (broad SMARTS) is 4. The molecule has 2 aromatic rings. The van der Waals surface area contributed by atoms with Crippen LogP contribution >= 0.6 is 0 Å². The van der Waals surface area contributed by atoms with Gasteiger partial charge in [-0.2, -0.15) is 0 Å². The molecule has 0 atom stereocenters. The first kappa shape index (κ1) is 33.5. The Balaban J connectivity index is -0.000000139. The van der Waals surface area contributed by atoms with Crippen molar-refractivity contribution in [2.75, 3.05) is 11.5 Å². The van der Waals surface area contributed by atoms with Crippen molar-refractivity contribution >= 4 is 35.3 Å². The number of nitrogen functional groups attached to an aromatic ring is 2. The molecule has 30 heavy (non-hydrogen) atoms. The maximum Gasteiger partial charge on any atom is 0.300 e. The van der Waals surface area contributed by atoms with E-state index in [1.807, 2.05) is 60.7 Å². The molecule has 10 nitrogen and oxygen atoms in total. The zero-order valence-electron chi connectivity index (χ0n) is 17.4. The van der Waals surface area contributed by atoms with E-state index in [0.29, 0.717) is 0 Å². The van der Waals surface area contributed by atoms with Gasteiger partial charge in [0.25, 0.3) is 23.9 Å². The fraction of sp³-hybridized carbons (Fsp3) is 0.200. The van der Waals surface area contributed by atoms with Crippen LogP contribution in [0.15, 0.2) is 60.7 Å². The molecule has 8 N–H and O–H groups in total. The van der Waals surface area contributed by atoms with Gasteiger partial charge in [0, 0.05) is 39.1 Å². The van der Waals surface area contributed by atoms with Gasteiger partial charge in [-0.05, 0) is 24.3 Å². The van der Waals surface area contributed by atoms with Gasteiger partial charge in [-0.1, -0.05) is 36.4 Å². The maximum absolute atomic E-state index is 9.00. The lowest BCUT2D eigenvalue weighted by Gasteiger charge is -1.83. The van der Waals surface area contributed by atoms with Gasteiger partial charge in [-0.15, -0.1) is 0 Å².